The van der Waals surface area contributed by atoms with Crippen molar-refractivity contribution >= 4 is 22.4 Å². The summed E-state index contributed by atoms with van der Waals surface area (Å²) in [5.74, 6) is 0.373. The van der Waals surface area contributed by atoms with Crippen molar-refractivity contribution in [1.29, 1.82) is 0 Å². The first-order chi connectivity index (χ1) is 10.1. The van der Waals surface area contributed by atoms with Crippen LogP contribution in [0.3, 0.4) is 0 Å². The van der Waals surface area contributed by atoms with Crippen LogP contribution in [-0.2, 0) is 6.42 Å². The van der Waals surface area contributed by atoms with Crippen molar-refractivity contribution < 1.29 is 9.53 Å². The van der Waals surface area contributed by atoms with Gasteiger partial charge in [-0.05, 0) is 24.1 Å². The number of nitrogens with zero attached hydrogens (tertiary/aromatic N) is 2. The summed E-state index contributed by atoms with van der Waals surface area (Å²) in [7, 11) is 1.91. The van der Waals surface area contributed by atoms with Crippen molar-refractivity contribution in [2.75, 3.05) is 25.1 Å². The number of hydrogen-bond acceptors (Lipinski definition) is 5. The molecule has 0 fully saturated rings. The van der Waals surface area contributed by atoms with Crippen LogP contribution in [0.25, 0.3) is 0 Å². The summed E-state index contributed by atoms with van der Waals surface area (Å²) < 4.78 is 5.74. The molecule has 5 nitrogen and oxygen atoms in total. The molecule has 0 saturated carbocycles. The van der Waals surface area contributed by atoms with Crippen molar-refractivity contribution in [3.05, 3.63) is 40.9 Å². The fraction of sp³-hybridized carbons (Fsp3) is 0.333. The molecule has 112 valence electrons. The number of ether oxygens (including phenoxy) is 1. The Morgan fingerprint density at radius 1 is 1.48 bits per heavy atom. The lowest BCUT2D eigenvalue weighted by Crippen LogP contribution is -2.24. The number of carbonyl (C=O) groups is 1. The monoisotopic (exact) mass is 305 g/mol. The van der Waals surface area contributed by atoms with E-state index in [0.717, 1.165) is 17.3 Å². The lowest BCUT2D eigenvalue weighted by molar-refractivity contribution is 0.0996. The van der Waals surface area contributed by atoms with Crippen LogP contribution in [0.2, 0.25) is 0 Å². The van der Waals surface area contributed by atoms with E-state index in [1.807, 2.05) is 24.1 Å². The summed E-state index contributed by atoms with van der Waals surface area (Å²) in [6.07, 6.45) is 0.992. The summed E-state index contributed by atoms with van der Waals surface area (Å²) in [6.45, 7) is 3.35. The fourth-order valence-electron chi connectivity index (χ4n) is 1.80. The third-order valence-electron chi connectivity index (χ3n) is 3.07. The summed E-state index contributed by atoms with van der Waals surface area (Å²) in [5, 5.41) is 2.43. The molecule has 1 aromatic carbocycles. The highest BCUT2D eigenvalue weighted by Gasteiger charge is 2.10. The number of primary amides is 1. The Hall–Kier alpha value is -2.08. The molecule has 0 spiro atoms. The average molecular weight is 305 g/mol. The van der Waals surface area contributed by atoms with E-state index in [9.17, 15) is 4.79 Å². The molecule has 0 radical (unpaired) electrons. The van der Waals surface area contributed by atoms with E-state index in [1.165, 1.54) is 16.9 Å². The molecule has 2 N–H and O–H groups in total. The van der Waals surface area contributed by atoms with Gasteiger partial charge in [0.1, 0.15) is 18.1 Å². The van der Waals surface area contributed by atoms with Crippen molar-refractivity contribution in [3.8, 4) is 5.75 Å². The van der Waals surface area contributed by atoms with Gasteiger partial charge in [-0.2, -0.15) is 0 Å². The minimum absolute atomic E-state index is 0.304. The first kappa shape index (κ1) is 15.3. The Labute approximate surface area is 128 Å². The molecule has 0 aliphatic heterocycles. The van der Waals surface area contributed by atoms with Gasteiger partial charge >= 0.3 is 0 Å². The lowest BCUT2D eigenvalue weighted by Gasteiger charge is -2.16. The van der Waals surface area contributed by atoms with Gasteiger partial charge in [0.05, 0.1) is 6.54 Å². The Morgan fingerprint density at radius 3 is 2.95 bits per heavy atom. The zero-order valence-electron chi connectivity index (χ0n) is 12.2. The molecular formula is C15H19N3O2S. The Bertz CT molecular complexity index is 612. The molecule has 0 saturated heterocycles. The van der Waals surface area contributed by atoms with Crippen LogP contribution in [0.1, 0.15) is 23.0 Å². The van der Waals surface area contributed by atoms with Crippen molar-refractivity contribution in [2.24, 2.45) is 5.73 Å². The zero-order chi connectivity index (χ0) is 15.2. The van der Waals surface area contributed by atoms with Crippen molar-refractivity contribution in [2.45, 2.75) is 13.3 Å². The molecule has 2 aromatic rings. The number of hydrogen-bond donors (Lipinski definition) is 1. The van der Waals surface area contributed by atoms with Gasteiger partial charge in [-0.3, -0.25) is 4.79 Å². The summed E-state index contributed by atoms with van der Waals surface area (Å²) >= 11 is 1.40. The Kier molecular flexibility index (Phi) is 5.16. The first-order valence-electron chi connectivity index (χ1n) is 6.78. The SMILES string of the molecule is CCc1cccc(OCCN(C)c2nc(C(N)=O)cs2)c1. The number of nitrogens with two attached hydrogens (primary N) is 1. The third kappa shape index (κ3) is 4.19. The number of carbonyl (C=O) groups excluding carboxylic acids is 1. The van der Waals surface area contributed by atoms with Crippen LogP contribution in [0, 0.1) is 0 Å². The molecule has 0 aliphatic carbocycles. The van der Waals surface area contributed by atoms with Gasteiger partial charge in [0.15, 0.2) is 5.13 Å². The summed E-state index contributed by atoms with van der Waals surface area (Å²) in [5.41, 5.74) is 6.75. The van der Waals surface area contributed by atoms with E-state index in [0.29, 0.717) is 18.8 Å². The Morgan fingerprint density at radius 2 is 2.29 bits per heavy atom. The number of likely N-dealkylation sites (N-methyl/N-ethyl adjacent to an activating group) is 1. The topological polar surface area (TPSA) is 68.4 Å². The van der Waals surface area contributed by atoms with Crippen LogP contribution >= 0.6 is 11.3 Å². The van der Waals surface area contributed by atoms with Crippen LogP contribution in [0.15, 0.2) is 29.6 Å². The minimum atomic E-state index is -0.501. The number of aromatic nitrogens is 1. The second kappa shape index (κ2) is 7.08. The number of anilines is 1. The van der Waals surface area contributed by atoms with Crippen LogP contribution in [-0.4, -0.2) is 31.1 Å². The lowest BCUT2D eigenvalue weighted by atomic mass is 10.2. The predicted octanol–water partition coefficient (Wildman–Crippen LogP) is 2.32. The van der Waals surface area contributed by atoms with Gasteiger partial charge in [0, 0.05) is 12.4 Å². The standard InChI is InChI=1S/C15H19N3O2S/c1-3-11-5-4-6-12(9-11)20-8-7-18(2)15-17-13(10-21-15)14(16)19/h4-6,9-10H,3,7-8H2,1-2H3,(H2,16,19). The first-order valence-corrected chi connectivity index (χ1v) is 7.66. The van der Waals surface area contributed by atoms with Crippen LogP contribution in [0.4, 0.5) is 5.13 Å². The molecule has 0 atom stereocenters. The highest BCUT2D eigenvalue weighted by molar-refractivity contribution is 7.13. The maximum absolute atomic E-state index is 11.0. The average Bonchev–Trinajstić information content (AvgIpc) is 2.97. The molecule has 1 heterocycles. The molecule has 2 rings (SSSR count). The second-order valence-electron chi connectivity index (χ2n) is 4.65. The molecule has 0 bridgehead atoms. The zero-order valence-corrected chi connectivity index (χ0v) is 13.0. The summed E-state index contributed by atoms with van der Waals surface area (Å²) in [4.78, 5) is 17.1. The van der Waals surface area contributed by atoms with Crippen molar-refractivity contribution in [1.82, 2.24) is 4.98 Å². The summed E-state index contributed by atoms with van der Waals surface area (Å²) in [6, 6.07) is 8.08. The molecule has 6 heteroatoms. The largest absolute Gasteiger partial charge is 0.492 e. The van der Waals surface area contributed by atoms with E-state index in [1.54, 1.807) is 5.38 Å². The van der Waals surface area contributed by atoms with Gasteiger partial charge in [0.2, 0.25) is 0 Å². The predicted molar refractivity (Wildman–Crippen MR) is 85.2 cm³/mol. The van der Waals surface area contributed by atoms with Crippen LogP contribution in [0.5, 0.6) is 5.75 Å². The maximum Gasteiger partial charge on any atom is 0.268 e. The smallest absolute Gasteiger partial charge is 0.268 e. The number of amides is 1. The van der Waals surface area contributed by atoms with Crippen LogP contribution < -0.4 is 15.4 Å². The van der Waals surface area contributed by atoms with Crippen molar-refractivity contribution in [3.63, 3.8) is 0 Å². The Balaban J connectivity index is 1.85. The quantitative estimate of drug-likeness (QED) is 0.852. The van der Waals surface area contributed by atoms with E-state index in [2.05, 4.69) is 24.0 Å². The highest BCUT2D eigenvalue weighted by atomic mass is 32.1. The second-order valence-corrected chi connectivity index (χ2v) is 5.49. The van der Waals surface area contributed by atoms with E-state index in [-0.39, 0.29) is 0 Å². The van der Waals surface area contributed by atoms with Gasteiger partial charge in [-0.1, -0.05) is 19.1 Å². The van der Waals surface area contributed by atoms with Gasteiger partial charge in [-0.15, -0.1) is 11.3 Å². The third-order valence-corrected chi connectivity index (χ3v) is 4.03. The molecular weight excluding hydrogens is 286 g/mol. The fourth-order valence-corrected chi connectivity index (χ4v) is 2.61. The number of thiazole rings is 1. The van der Waals surface area contributed by atoms with E-state index < -0.39 is 5.91 Å². The molecule has 0 aliphatic rings. The minimum Gasteiger partial charge on any atom is -0.492 e. The number of benzene rings is 1. The highest BCUT2D eigenvalue weighted by Crippen LogP contribution is 2.19. The van der Waals surface area contributed by atoms with Gasteiger partial charge in [-0.25, -0.2) is 4.98 Å². The van der Waals surface area contributed by atoms with Gasteiger partial charge < -0.3 is 15.4 Å². The number of rotatable bonds is 7. The normalized spacial score (nSPS) is 10.4. The molecule has 1 amide bonds. The molecule has 21 heavy (non-hydrogen) atoms. The number of aryl methyl sites for hydroxylation is 1. The molecule has 0 unspecified atom stereocenters. The van der Waals surface area contributed by atoms with E-state index >= 15 is 0 Å². The van der Waals surface area contributed by atoms with E-state index in [4.69, 9.17) is 10.5 Å². The maximum atomic E-state index is 11.0. The molecule has 1 aromatic heterocycles. The van der Waals surface area contributed by atoms with Gasteiger partial charge in [0.25, 0.3) is 5.91 Å².